The van der Waals surface area contributed by atoms with Gasteiger partial charge in [0.15, 0.2) is 5.90 Å². The Kier molecular flexibility index (Phi) is 4.05. The smallest absolute Gasteiger partial charge is 0.200 e. The zero-order valence-electron chi connectivity index (χ0n) is 6.22. The van der Waals surface area contributed by atoms with Gasteiger partial charge >= 0.3 is 0 Å². The molecule has 0 aromatic rings. The van der Waals surface area contributed by atoms with E-state index in [0.29, 0.717) is 12.5 Å². The monoisotopic (exact) mass is 130 g/mol. The molecular weight excluding hydrogens is 116 g/mol. The summed E-state index contributed by atoms with van der Waals surface area (Å²) in [5, 5.41) is 0. The number of hydrogen-bond acceptors (Lipinski definition) is 3. The Hall–Kier alpha value is -0.570. The molecule has 0 aliphatic heterocycles. The van der Waals surface area contributed by atoms with E-state index < -0.39 is 0 Å². The summed E-state index contributed by atoms with van der Waals surface area (Å²) in [5.74, 6) is 0.623. The third-order valence-electron chi connectivity index (χ3n) is 0.902. The lowest BCUT2D eigenvalue weighted by Gasteiger charge is -2.08. The Balaban J connectivity index is 3.70. The number of ether oxygens (including phenoxy) is 1. The fourth-order valence-corrected chi connectivity index (χ4v) is 0.548. The minimum atomic E-state index is -0.0880. The predicted octanol–water partition coefficient (Wildman–Crippen LogP) is 0.398. The molecule has 0 unspecified atom stereocenters. The lowest BCUT2D eigenvalue weighted by molar-refractivity contribution is 0.312. The second-order valence-corrected chi connectivity index (χ2v) is 1.78. The highest BCUT2D eigenvalue weighted by Crippen LogP contribution is 1.85. The zero-order chi connectivity index (χ0) is 7.28. The third-order valence-corrected chi connectivity index (χ3v) is 0.902. The lowest BCUT2D eigenvalue weighted by atomic mass is 10.4. The topological polar surface area (TPSA) is 47.6 Å². The van der Waals surface area contributed by atoms with Crippen molar-refractivity contribution in [1.29, 1.82) is 0 Å². The molecule has 0 bridgehead atoms. The summed E-state index contributed by atoms with van der Waals surface area (Å²) >= 11 is 0. The average molecular weight is 130 g/mol. The SMILES string of the molecule is CCO/C(=N\C)[C@H](C)N. The van der Waals surface area contributed by atoms with Gasteiger partial charge in [-0.2, -0.15) is 0 Å². The van der Waals surface area contributed by atoms with Crippen LogP contribution in [0.5, 0.6) is 0 Å². The number of nitrogens with two attached hydrogens (primary N) is 1. The number of nitrogens with zero attached hydrogens (tertiary/aromatic N) is 1. The van der Waals surface area contributed by atoms with E-state index >= 15 is 0 Å². The number of rotatable bonds is 2. The van der Waals surface area contributed by atoms with E-state index in [2.05, 4.69) is 4.99 Å². The fraction of sp³-hybridized carbons (Fsp3) is 0.833. The van der Waals surface area contributed by atoms with Crippen molar-refractivity contribution in [3.05, 3.63) is 0 Å². The first-order valence-electron chi connectivity index (χ1n) is 3.07. The summed E-state index contributed by atoms with van der Waals surface area (Å²) in [6.07, 6.45) is 0. The first kappa shape index (κ1) is 8.43. The lowest BCUT2D eigenvalue weighted by Crippen LogP contribution is -2.28. The Morgan fingerprint density at radius 2 is 2.33 bits per heavy atom. The highest BCUT2D eigenvalue weighted by atomic mass is 16.5. The first-order valence-corrected chi connectivity index (χ1v) is 3.07. The van der Waals surface area contributed by atoms with Gasteiger partial charge in [-0.25, -0.2) is 0 Å². The van der Waals surface area contributed by atoms with Crippen molar-refractivity contribution < 1.29 is 4.74 Å². The Morgan fingerprint density at radius 3 is 2.44 bits per heavy atom. The molecule has 0 saturated carbocycles. The molecule has 0 spiro atoms. The Labute approximate surface area is 55.9 Å². The summed E-state index contributed by atoms with van der Waals surface area (Å²) in [7, 11) is 1.67. The highest BCUT2D eigenvalue weighted by Gasteiger charge is 2.02. The molecule has 0 aliphatic rings. The number of aliphatic imine (C=N–C) groups is 1. The molecule has 3 heteroatoms. The van der Waals surface area contributed by atoms with E-state index in [-0.39, 0.29) is 6.04 Å². The first-order chi connectivity index (χ1) is 4.22. The molecule has 0 aliphatic carbocycles. The molecule has 0 amide bonds. The van der Waals surface area contributed by atoms with E-state index in [1.807, 2.05) is 13.8 Å². The molecule has 54 valence electrons. The number of hydrogen-bond donors (Lipinski definition) is 1. The summed E-state index contributed by atoms with van der Waals surface area (Å²) in [6.45, 7) is 4.39. The molecule has 0 fully saturated rings. The van der Waals surface area contributed by atoms with Gasteiger partial charge in [0.05, 0.1) is 12.6 Å². The summed E-state index contributed by atoms with van der Waals surface area (Å²) < 4.78 is 5.08. The van der Waals surface area contributed by atoms with Crippen molar-refractivity contribution in [1.82, 2.24) is 0 Å². The third kappa shape index (κ3) is 3.08. The van der Waals surface area contributed by atoms with Gasteiger partial charge in [0.2, 0.25) is 0 Å². The maximum atomic E-state index is 5.48. The van der Waals surface area contributed by atoms with Crippen LogP contribution in [0.15, 0.2) is 4.99 Å². The van der Waals surface area contributed by atoms with E-state index in [9.17, 15) is 0 Å². The van der Waals surface area contributed by atoms with Crippen molar-refractivity contribution in [3.8, 4) is 0 Å². The van der Waals surface area contributed by atoms with Crippen molar-refractivity contribution in [2.24, 2.45) is 10.7 Å². The van der Waals surface area contributed by atoms with Crippen molar-refractivity contribution in [2.45, 2.75) is 19.9 Å². The van der Waals surface area contributed by atoms with Crippen LogP contribution in [-0.4, -0.2) is 25.6 Å². The minimum Gasteiger partial charge on any atom is -0.480 e. The largest absolute Gasteiger partial charge is 0.480 e. The second-order valence-electron chi connectivity index (χ2n) is 1.78. The van der Waals surface area contributed by atoms with Gasteiger partial charge in [-0.1, -0.05) is 0 Å². The molecule has 0 aromatic heterocycles. The fourth-order valence-electron chi connectivity index (χ4n) is 0.548. The van der Waals surface area contributed by atoms with Crippen LogP contribution >= 0.6 is 0 Å². The maximum Gasteiger partial charge on any atom is 0.200 e. The van der Waals surface area contributed by atoms with Crippen LogP contribution in [0, 0.1) is 0 Å². The van der Waals surface area contributed by atoms with Crippen LogP contribution in [0.4, 0.5) is 0 Å². The Morgan fingerprint density at radius 1 is 1.78 bits per heavy atom. The van der Waals surface area contributed by atoms with Gasteiger partial charge in [-0.15, -0.1) is 0 Å². The van der Waals surface area contributed by atoms with Crippen molar-refractivity contribution >= 4 is 5.90 Å². The van der Waals surface area contributed by atoms with E-state index in [1.165, 1.54) is 0 Å². The molecule has 0 aromatic carbocycles. The highest BCUT2D eigenvalue weighted by molar-refractivity contribution is 5.80. The molecule has 2 N–H and O–H groups in total. The molecule has 9 heavy (non-hydrogen) atoms. The van der Waals surface area contributed by atoms with Crippen LogP contribution in [0.25, 0.3) is 0 Å². The predicted molar refractivity (Wildman–Crippen MR) is 38.6 cm³/mol. The normalized spacial score (nSPS) is 15.3. The minimum absolute atomic E-state index is 0.0880. The average Bonchev–Trinajstić information content (AvgIpc) is 1.82. The van der Waals surface area contributed by atoms with Gasteiger partial charge in [0, 0.05) is 7.05 Å². The molecule has 0 heterocycles. The molecule has 3 nitrogen and oxygen atoms in total. The molecular formula is C6H14N2O. The Bertz CT molecular complexity index is 99.2. The van der Waals surface area contributed by atoms with E-state index in [4.69, 9.17) is 10.5 Å². The van der Waals surface area contributed by atoms with Gasteiger partial charge in [-0.3, -0.25) is 4.99 Å². The summed E-state index contributed by atoms with van der Waals surface area (Å²) in [4.78, 5) is 3.85. The van der Waals surface area contributed by atoms with Gasteiger partial charge in [0.25, 0.3) is 0 Å². The summed E-state index contributed by atoms with van der Waals surface area (Å²) in [5.41, 5.74) is 5.48. The van der Waals surface area contributed by atoms with Crippen LogP contribution in [-0.2, 0) is 4.74 Å². The van der Waals surface area contributed by atoms with Crippen molar-refractivity contribution in [2.75, 3.05) is 13.7 Å². The maximum absolute atomic E-state index is 5.48. The molecule has 0 rings (SSSR count). The van der Waals surface area contributed by atoms with Gasteiger partial charge in [-0.05, 0) is 13.8 Å². The summed E-state index contributed by atoms with van der Waals surface area (Å²) in [6, 6.07) is -0.0880. The van der Waals surface area contributed by atoms with Crippen LogP contribution in [0.3, 0.4) is 0 Å². The van der Waals surface area contributed by atoms with Crippen LogP contribution < -0.4 is 5.73 Å². The van der Waals surface area contributed by atoms with E-state index in [1.54, 1.807) is 7.05 Å². The quantitative estimate of drug-likeness (QED) is 0.434. The molecule has 0 radical (unpaired) electrons. The molecule has 0 saturated heterocycles. The van der Waals surface area contributed by atoms with Gasteiger partial charge < -0.3 is 10.5 Å². The zero-order valence-corrected chi connectivity index (χ0v) is 6.22. The van der Waals surface area contributed by atoms with Crippen LogP contribution in [0.1, 0.15) is 13.8 Å². The standard InChI is InChI=1S/C6H14N2O/c1-4-9-6(8-3)5(2)7/h5H,4,7H2,1-3H3/b8-6-/t5-/m0/s1. The van der Waals surface area contributed by atoms with Crippen molar-refractivity contribution in [3.63, 3.8) is 0 Å². The van der Waals surface area contributed by atoms with Gasteiger partial charge in [0.1, 0.15) is 0 Å². The van der Waals surface area contributed by atoms with Crippen LogP contribution in [0.2, 0.25) is 0 Å². The second kappa shape index (κ2) is 4.32. The molecule has 1 atom stereocenters. The van der Waals surface area contributed by atoms with E-state index in [0.717, 1.165) is 0 Å².